The molecule has 6 nitrogen and oxygen atoms in total. The van der Waals surface area contributed by atoms with E-state index in [0.717, 1.165) is 30.6 Å². The zero-order valence-corrected chi connectivity index (χ0v) is 14.7. The quantitative estimate of drug-likeness (QED) is 0.819. The second-order valence-corrected chi connectivity index (χ2v) is 8.78. The first-order valence-corrected chi connectivity index (χ1v) is 9.92. The normalized spacial score (nSPS) is 28.0. The van der Waals surface area contributed by atoms with E-state index in [1.165, 1.54) is 4.31 Å². The van der Waals surface area contributed by atoms with Crippen molar-refractivity contribution in [3.63, 3.8) is 0 Å². The second kappa shape index (κ2) is 5.94. The summed E-state index contributed by atoms with van der Waals surface area (Å²) in [6.07, 6.45) is 3.63. The summed E-state index contributed by atoms with van der Waals surface area (Å²) < 4.78 is 30.7. The molecule has 3 atom stereocenters. The van der Waals surface area contributed by atoms with Crippen molar-refractivity contribution < 1.29 is 17.6 Å². The fourth-order valence-corrected chi connectivity index (χ4v) is 4.47. The van der Waals surface area contributed by atoms with Crippen LogP contribution < -0.4 is 0 Å². The number of hydrogen-bond donors (Lipinski definition) is 0. The smallest absolute Gasteiger partial charge is 0.241 e. The van der Waals surface area contributed by atoms with Gasteiger partial charge in [0.05, 0.1) is 12.8 Å². The van der Waals surface area contributed by atoms with Gasteiger partial charge in [0.25, 0.3) is 0 Å². The van der Waals surface area contributed by atoms with Gasteiger partial charge in [-0.1, -0.05) is 6.92 Å². The molecule has 1 amide bonds. The molecule has 1 saturated heterocycles. The summed E-state index contributed by atoms with van der Waals surface area (Å²) in [7, 11) is -1.65. The molecule has 1 saturated carbocycles. The Hall–Kier alpha value is -1.34. The van der Waals surface area contributed by atoms with Crippen LogP contribution in [0.3, 0.4) is 0 Å². The lowest BCUT2D eigenvalue weighted by atomic mass is 10.2. The molecule has 1 aromatic rings. The Morgan fingerprint density at radius 3 is 2.74 bits per heavy atom. The van der Waals surface area contributed by atoms with Crippen LogP contribution in [0.2, 0.25) is 0 Å². The van der Waals surface area contributed by atoms with E-state index in [1.807, 2.05) is 12.1 Å². The zero-order chi connectivity index (χ0) is 16.8. The van der Waals surface area contributed by atoms with E-state index in [-0.39, 0.29) is 5.91 Å². The molecule has 1 aromatic heterocycles. The molecule has 1 aliphatic heterocycles. The molecule has 0 radical (unpaired) electrons. The summed E-state index contributed by atoms with van der Waals surface area (Å²) in [6, 6.07) is 3.32. The van der Waals surface area contributed by atoms with Crippen molar-refractivity contribution in [3.05, 3.63) is 23.7 Å². The fraction of sp³-hybridized carbons (Fsp3) is 0.688. The van der Waals surface area contributed by atoms with Crippen LogP contribution in [0.15, 0.2) is 16.5 Å². The summed E-state index contributed by atoms with van der Waals surface area (Å²) in [5.74, 6) is 2.77. The Labute approximate surface area is 137 Å². The van der Waals surface area contributed by atoms with Crippen molar-refractivity contribution in [1.82, 2.24) is 9.21 Å². The molecule has 2 fully saturated rings. The van der Waals surface area contributed by atoms with Crippen LogP contribution >= 0.6 is 0 Å². The van der Waals surface area contributed by atoms with Gasteiger partial charge in [0.15, 0.2) is 0 Å². The monoisotopic (exact) mass is 340 g/mol. The second-order valence-electron chi connectivity index (χ2n) is 6.85. The van der Waals surface area contributed by atoms with Crippen molar-refractivity contribution in [2.45, 2.75) is 44.7 Å². The predicted octanol–water partition coefficient (Wildman–Crippen LogP) is 1.79. The molecule has 0 aromatic carbocycles. The molecule has 1 aliphatic carbocycles. The molecule has 23 heavy (non-hydrogen) atoms. The van der Waals surface area contributed by atoms with Gasteiger partial charge >= 0.3 is 0 Å². The minimum atomic E-state index is -3.35. The lowest BCUT2D eigenvalue weighted by molar-refractivity contribution is -0.134. The van der Waals surface area contributed by atoms with Gasteiger partial charge < -0.3 is 9.32 Å². The minimum absolute atomic E-state index is 0.161. The Kier molecular flexibility index (Phi) is 4.27. The highest BCUT2D eigenvalue weighted by Gasteiger charge is 2.38. The number of carbonyl (C=O) groups excluding carboxylic acids is 1. The third-order valence-corrected chi connectivity index (χ3v) is 6.13. The number of hydrogen-bond acceptors (Lipinski definition) is 4. The maximum absolute atomic E-state index is 12.6. The highest BCUT2D eigenvalue weighted by Crippen LogP contribution is 2.47. The Morgan fingerprint density at radius 1 is 1.43 bits per heavy atom. The van der Waals surface area contributed by atoms with E-state index in [9.17, 15) is 13.2 Å². The van der Waals surface area contributed by atoms with E-state index < -0.39 is 16.1 Å². The van der Waals surface area contributed by atoms with Crippen LogP contribution in [0.5, 0.6) is 0 Å². The lowest BCUT2D eigenvalue weighted by Crippen LogP contribution is -2.45. The van der Waals surface area contributed by atoms with E-state index in [1.54, 1.807) is 11.9 Å². The zero-order valence-electron chi connectivity index (χ0n) is 13.9. The number of amides is 1. The molecule has 128 valence electrons. The van der Waals surface area contributed by atoms with Crippen molar-refractivity contribution in [2.75, 3.05) is 19.8 Å². The standard InChI is InChI=1S/C16H24N2O4S/c1-11-9-13(11)15-7-6-12(22-15)10-17(2)16(19)14-5-4-8-18(14)23(3,20)21/h6-7,11,13-14H,4-5,8-10H2,1-3H3/t11-,13-,14+/m1/s1. The molecule has 0 bridgehead atoms. The van der Waals surface area contributed by atoms with Gasteiger partial charge in [-0.2, -0.15) is 4.31 Å². The van der Waals surface area contributed by atoms with Crippen molar-refractivity contribution in [1.29, 1.82) is 0 Å². The molecular weight excluding hydrogens is 316 g/mol. The van der Waals surface area contributed by atoms with E-state index in [2.05, 4.69) is 6.92 Å². The summed E-state index contributed by atoms with van der Waals surface area (Å²) in [4.78, 5) is 14.2. The fourth-order valence-electron chi connectivity index (χ4n) is 3.35. The van der Waals surface area contributed by atoms with E-state index >= 15 is 0 Å². The third-order valence-electron chi connectivity index (χ3n) is 4.84. The van der Waals surface area contributed by atoms with E-state index in [0.29, 0.717) is 31.3 Å². The van der Waals surface area contributed by atoms with E-state index in [4.69, 9.17) is 4.42 Å². The number of sulfonamides is 1. The highest BCUT2D eigenvalue weighted by atomic mass is 32.2. The molecule has 0 unspecified atom stereocenters. The van der Waals surface area contributed by atoms with Gasteiger partial charge in [-0.3, -0.25) is 4.79 Å². The molecule has 2 heterocycles. The van der Waals surface area contributed by atoms with Crippen LogP contribution in [0, 0.1) is 5.92 Å². The number of likely N-dealkylation sites (N-methyl/N-ethyl adjacent to an activating group) is 1. The summed E-state index contributed by atoms with van der Waals surface area (Å²) in [5.41, 5.74) is 0. The first-order chi connectivity index (χ1) is 10.8. The van der Waals surface area contributed by atoms with Crippen LogP contribution in [-0.4, -0.2) is 49.4 Å². The van der Waals surface area contributed by atoms with Crippen LogP contribution in [0.1, 0.15) is 43.6 Å². The van der Waals surface area contributed by atoms with Gasteiger partial charge in [0.1, 0.15) is 17.6 Å². The van der Waals surface area contributed by atoms with Crippen molar-refractivity contribution in [3.8, 4) is 0 Å². The Bertz CT molecular complexity index is 697. The number of carbonyl (C=O) groups is 1. The third kappa shape index (κ3) is 3.45. The van der Waals surface area contributed by atoms with Gasteiger partial charge in [-0.25, -0.2) is 8.42 Å². The van der Waals surface area contributed by atoms with Gasteiger partial charge in [-0.15, -0.1) is 0 Å². The Morgan fingerprint density at radius 2 is 2.13 bits per heavy atom. The molecule has 2 aliphatic rings. The summed E-state index contributed by atoms with van der Waals surface area (Å²) in [6.45, 7) is 2.99. The maximum atomic E-state index is 12.6. The van der Waals surface area contributed by atoms with Crippen molar-refractivity contribution >= 4 is 15.9 Å². The topological polar surface area (TPSA) is 70.8 Å². The molecule has 3 rings (SSSR count). The first kappa shape index (κ1) is 16.5. The number of furan rings is 1. The van der Waals surface area contributed by atoms with Gasteiger partial charge in [-0.05, 0) is 37.3 Å². The summed E-state index contributed by atoms with van der Waals surface area (Å²) >= 11 is 0. The van der Waals surface area contributed by atoms with Crippen molar-refractivity contribution in [2.24, 2.45) is 5.92 Å². The minimum Gasteiger partial charge on any atom is -0.464 e. The SMILES string of the molecule is C[C@@H]1C[C@H]1c1ccc(CN(C)C(=O)[C@@H]2CCCN2S(C)(=O)=O)o1. The van der Waals surface area contributed by atoms with Crippen LogP contribution in [0.4, 0.5) is 0 Å². The summed E-state index contributed by atoms with van der Waals surface area (Å²) in [5, 5.41) is 0. The van der Waals surface area contributed by atoms with Gasteiger partial charge in [0.2, 0.25) is 15.9 Å². The lowest BCUT2D eigenvalue weighted by Gasteiger charge is -2.25. The molecule has 7 heteroatoms. The predicted molar refractivity (Wildman–Crippen MR) is 86.3 cm³/mol. The highest BCUT2D eigenvalue weighted by molar-refractivity contribution is 7.88. The van der Waals surface area contributed by atoms with Gasteiger partial charge in [0, 0.05) is 19.5 Å². The molecular formula is C16H24N2O4S. The number of nitrogens with zero attached hydrogens (tertiary/aromatic N) is 2. The first-order valence-electron chi connectivity index (χ1n) is 8.08. The maximum Gasteiger partial charge on any atom is 0.241 e. The average molecular weight is 340 g/mol. The largest absolute Gasteiger partial charge is 0.464 e. The Balaban J connectivity index is 1.64. The molecule has 0 spiro atoms. The van der Waals surface area contributed by atoms with Crippen LogP contribution in [0.25, 0.3) is 0 Å². The molecule has 0 N–H and O–H groups in total. The average Bonchev–Trinajstić information content (AvgIpc) is 2.93. The van der Waals surface area contributed by atoms with Crippen LogP contribution in [-0.2, 0) is 21.4 Å². The number of rotatable bonds is 5.